The lowest BCUT2D eigenvalue weighted by Crippen LogP contribution is -3.00. The summed E-state index contributed by atoms with van der Waals surface area (Å²) in [6.45, 7) is 3.44. The fourth-order valence-corrected chi connectivity index (χ4v) is 4.36. The number of anilines is 1. The Morgan fingerprint density at radius 2 is 1.75 bits per heavy atom. The molecule has 1 unspecified atom stereocenters. The highest BCUT2D eigenvalue weighted by molar-refractivity contribution is 5.87. The third-order valence-corrected chi connectivity index (χ3v) is 6.03. The number of carbonyl (C=O) groups is 1. The van der Waals surface area contributed by atoms with Crippen molar-refractivity contribution in [3.05, 3.63) is 66.0 Å². The second kappa shape index (κ2) is 8.78. The van der Waals surface area contributed by atoms with E-state index in [1.54, 1.807) is 18.2 Å². The Labute approximate surface area is 182 Å². The topological polar surface area (TPSA) is 29.5 Å². The van der Waals surface area contributed by atoms with Gasteiger partial charge in [-0.1, -0.05) is 42.5 Å². The van der Waals surface area contributed by atoms with E-state index in [-0.39, 0.29) is 42.3 Å². The summed E-state index contributed by atoms with van der Waals surface area (Å²) in [4.78, 5) is 14.5. The van der Waals surface area contributed by atoms with Gasteiger partial charge in [-0.05, 0) is 17.7 Å². The van der Waals surface area contributed by atoms with E-state index < -0.39 is 11.9 Å². The number of carbonyl (C=O) groups excluding carboxylic acids is 1. The van der Waals surface area contributed by atoms with Crippen LogP contribution in [-0.2, 0) is 11.3 Å². The lowest BCUT2D eigenvalue weighted by Gasteiger charge is -2.49. The Balaban J connectivity index is 0.00000225. The summed E-state index contributed by atoms with van der Waals surface area (Å²) >= 11 is 0. The molecular weight excluding hydrogens is 470 g/mol. The molecule has 2 aromatic carbocycles. The molecule has 150 valence electrons. The molecule has 3 fully saturated rings. The summed E-state index contributed by atoms with van der Waals surface area (Å²) < 4.78 is 21.3. The molecule has 0 N–H and O–H groups in total. The predicted octanol–water partition coefficient (Wildman–Crippen LogP) is 1.21. The number of likely N-dealkylation sites (N-methyl/N-ethyl adjacent to an activating group) is 1. The van der Waals surface area contributed by atoms with Crippen molar-refractivity contribution in [3.8, 4) is 0 Å². The standard InChI is InChI=1S/C22H26FN2O2.HI/c1-25-13-11-18(12-14-25)21(16-25)27-22(26)24(15-17-7-3-2-4-8-17)20-10-6-5-9-19(20)23;/h2-10,18,21H,11-16H2,1H3;1H/q+1;/p-1. The second-order valence-corrected chi connectivity index (χ2v) is 8.03. The number of piperidine rings is 3. The van der Waals surface area contributed by atoms with Crippen LogP contribution in [0.4, 0.5) is 14.9 Å². The van der Waals surface area contributed by atoms with E-state index in [0.717, 1.165) is 42.5 Å². The third-order valence-electron chi connectivity index (χ3n) is 6.03. The Bertz CT molecular complexity index is 809. The first-order valence-electron chi connectivity index (χ1n) is 9.64. The van der Waals surface area contributed by atoms with Gasteiger partial charge in [0, 0.05) is 18.8 Å². The van der Waals surface area contributed by atoms with Crippen molar-refractivity contribution >= 4 is 11.8 Å². The molecule has 3 aliphatic rings. The molecule has 1 atom stereocenters. The van der Waals surface area contributed by atoms with Crippen LogP contribution in [0.15, 0.2) is 54.6 Å². The van der Waals surface area contributed by atoms with Crippen LogP contribution in [0.1, 0.15) is 18.4 Å². The summed E-state index contributed by atoms with van der Waals surface area (Å²) in [6.07, 6.45) is 1.63. The zero-order valence-corrected chi connectivity index (χ0v) is 18.2. The molecule has 3 heterocycles. The number of halogens is 2. The molecule has 0 aromatic heterocycles. The maximum atomic E-state index is 14.4. The van der Waals surface area contributed by atoms with Crippen LogP contribution in [-0.4, -0.2) is 43.4 Å². The Hall–Kier alpha value is -1.67. The number of para-hydroxylation sites is 1. The number of hydrogen-bond donors (Lipinski definition) is 0. The molecule has 6 heteroatoms. The quantitative estimate of drug-likeness (QED) is 0.471. The van der Waals surface area contributed by atoms with E-state index in [1.807, 2.05) is 30.3 Å². The van der Waals surface area contributed by atoms with Crippen LogP contribution >= 0.6 is 0 Å². The first-order chi connectivity index (χ1) is 13.0. The van der Waals surface area contributed by atoms with Crippen LogP contribution in [0.2, 0.25) is 0 Å². The summed E-state index contributed by atoms with van der Waals surface area (Å²) in [5.41, 5.74) is 1.19. The predicted molar refractivity (Wildman–Crippen MR) is 103 cm³/mol. The lowest BCUT2D eigenvalue weighted by atomic mass is 9.84. The summed E-state index contributed by atoms with van der Waals surface area (Å²) in [7, 11) is 2.23. The highest BCUT2D eigenvalue weighted by Crippen LogP contribution is 2.34. The first-order valence-corrected chi connectivity index (χ1v) is 9.64. The van der Waals surface area contributed by atoms with Crippen molar-refractivity contribution in [1.29, 1.82) is 0 Å². The lowest BCUT2D eigenvalue weighted by molar-refractivity contribution is -0.928. The highest BCUT2D eigenvalue weighted by atomic mass is 127. The van der Waals surface area contributed by atoms with Crippen LogP contribution in [0.3, 0.4) is 0 Å². The zero-order valence-electron chi connectivity index (χ0n) is 16.1. The van der Waals surface area contributed by atoms with Crippen molar-refractivity contribution in [1.82, 2.24) is 0 Å². The Morgan fingerprint density at radius 3 is 2.39 bits per heavy atom. The van der Waals surface area contributed by atoms with Gasteiger partial charge in [-0.25, -0.2) is 9.18 Å². The van der Waals surface area contributed by atoms with Gasteiger partial charge in [0.25, 0.3) is 0 Å². The Morgan fingerprint density at radius 1 is 1.11 bits per heavy atom. The van der Waals surface area contributed by atoms with Crippen molar-refractivity contribution < 1.29 is 42.4 Å². The molecule has 2 bridgehead atoms. The maximum absolute atomic E-state index is 14.4. The van der Waals surface area contributed by atoms with Crippen LogP contribution in [0.25, 0.3) is 0 Å². The first kappa shape index (κ1) is 21.0. The second-order valence-electron chi connectivity index (χ2n) is 8.03. The fraction of sp³-hybridized carbons (Fsp3) is 0.409. The van der Waals surface area contributed by atoms with E-state index in [1.165, 1.54) is 11.0 Å². The van der Waals surface area contributed by atoms with Crippen molar-refractivity contribution in [2.45, 2.75) is 25.5 Å². The van der Waals surface area contributed by atoms with E-state index in [2.05, 4.69) is 7.05 Å². The van der Waals surface area contributed by atoms with Gasteiger partial charge in [-0.15, -0.1) is 0 Å². The molecule has 3 aliphatic heterocycles. The van der Waals surface area contributed by atoms with Crippen LogP contribution in [0.5, 0.6) is 0 Å². The van der Waals surface area contributed by atoms with Gasteiger partial charge in [-0.3, -0.25) is 4.90 Å². The number of hydrogen-bond acceptors (Lipinski definition) is 2. The number of rotatable bonds is 4. The van der Waals surface area contributed by atoms with Crippen LogP contribution in [0, 0.1) is 11.7 Å². The SMILES string of the molecule is C[N+]12CCC(CC1)C(OC(=O)N(Cc1ccccc1)c1ccccc1F)C2.[I-]. The highest BCUT2D eigenvalue weighted by Gasteiger charge is 2.45. The smallest absolute Gasteiger partial charge is 0.415 e. The van der Waals surface area contributed by atoms with Gasteiger partial charge in [0.2, 0.25) is 0 Å². The summed E-state index contributed by atoms with van der Waals surface area (Å²) in [6, 6.07) is 16.0. The van der Waals surface area contributed by atoms with Gasteiger partial charge >= 0.3 is 6.09 Å². The molecular formula is C22H26FIN2O2. The molecule has 4 nitrogen and oxygen atoms in total. The van der Waals surface area contributed by atoms with Gasteiger partial charge in [0.15, 0.2) is 6.10 Å². The number of benzene rings is 2. The van der Waals surface area contributed by atoms with Gasteiger partial charge < -0.3 is 33.2 Å². The molecule has 5 rings (SSSR count). The molecule has 3 saturated heterocycles. The molecule has 0 aliphatic carbocycles. The van der Waals surface area contributed by atoms with E-state index >= 15 is 0 Å². The summed E-state index contributed by atoms with van der Waals surface area (Å²) in [5, 5.41) is 0. The molecule has 2 aromatic rings. The zero-order chi connectivity index (χ0) is 18.9. The average molecular weight is 496 g/mol. The minimum Gasteiger partial charge on any atom is -1.00 e. The molecule has 0 spiro atoms. The number of nitrogens with zero attached hydrogens (tertiary/aromatic N) is 2. The van der Waals surface area contributed by atoms with E-state index in [9.17, 15) is 9.18 Å². The minimum absolute atomic E-state index is 0. The molecule has 28 heavy (non-hydrogen) atoms. The maximum Gasteiger partial charge on any atom is 0.415 e. The molecule has 0 radical (unpaired) electrons. The van der Waals surface area contributed by atoms with Crippen molar-refractivity contribution in [2.75, 3.05) is 31.6 Å². The normalized spacial score (nSPS) is 25.6. The number of amides is 1. The van der Waals surface area contributed by atoms with Gasteiger partial charge in [0.1, 0.15) is 12.4 Å². The van der Waals surface area contributed by atoms with Gasteiger partial charge in [-0.2, -0.15) is 0 Å². The van der Waals surface area contributed by atoms with Crippen LogP contribution < -0.4 is 28.9 Å². The summed E-state index contributed by atoms with van der Waals surface area (Å²) in [5.74, 6) is 0.00591. The van der Waals surface area contributed by atoms with Crippen molar-refractivity contribution in [2.24, 2.45) is 5.92 Å². The molecule has 0 saturated carbocycles. The fourth-order valence-electron chi connectivity index (χ4n) is 4.36. The largest absolute Gasteiger partial charge is 1.00 e. The van der Waals surface area contributed by atoms with E-state index in [4.69, 9.17) is 4.74 Å². The Kier molecular flexibility index (Phi) is 6.60. The monoisotopic (exact) mass is 496 g/mol. The van der Waals surface area contributed by atoms with Gasteiger partial charge in [0.05, 0.1) is 32.4 Å². The number of ether oxygens (including phenoxy) is 1. The average Bonchev–Trinajstić information content (AvgIpc) is 2.68. The minimum atomic E-state index is -0.464. The third kappa shape index (κ3) is 4.49. The number of quaternary nitrogens is 1. The van der Waals surface area contributed by atoms with Crippen molar-refractivity contribution in [3.63, 3.8) is 0 Å². The number of fused-ring (bicyclic) bond motifs is 3. The molecule has 1 amide bonds. The van der Waals surface area contributed by atoms with E-state index in [0.29, 0.717) is 5.92 Å².